The normalized spacial score (nSPS) is 45.7. The number of aliphatic carboxylic acids is 1. The Labute approximate surface area is 172 Å². The summed E-state index contributed by atoms with van der Waals surface area (Å²) in [6, 6.07) is 0. The summed E-state index contributed by atoms with van der Waals surface area (Å²) in [5, 5.41) is 20.8. The van der Waals surface area contributed by atoms with Gasteiger partial charge in [0.05, 0.1) is 5.60 Å². The summed E-state index contributed by atoms with van der Waals surface area (Å²) in [6.45, 7) is 8.76. The fourth-order valence-electron chi connectivity index (χ4n) is 8.31. The van der Waals surface area contributed by atoms with Gasteiger partial charge in [0.25, 0.3) is 0 Å². The van der Waals surface area contributed by atoms with E-state index in [0.29, 0.717) is 35.5 Å². The van der Waals surface area contributed by atoms with Gasteiger partial charge >= 0.3 is 5.97 Å². The number of carboxylic acids is 1. The molecule has 0 aliphatic heterocycles. The SMILES string of the molecule is CC.C[C@H](CCC(=O)O)C1CCC2C3CCC4CCCCC4(C)C3CCC21O. The molecule has 0 radical (unpaired) electrons. The van der Waals surface area contributed by atoms with Crippen LogP contribution in [-0.2, 0) is 4.79 Å². The largest absolute Gasteiger partial charge is 0.481 e. The lowest BCUT2D eigenvalue weighted by Gasteiger charge is -2.60. The summed E-state index contributed by atoms with van der Waals surface area (Å²) in [5.74, 6) is 2.85. The quantitative estimate of drug-likeness (QED) is 0.591. The lowest BCUT2D eigenvalue weighted by atomic mass is 9.46. The number of carboxylic acid groups (broad SMARTS) is 1. The molecular formula is C25H44O3. The molecule has 4 rings (SSSR count). The molecule has 0 aromatic rings. The number of hydrogen-bond acceptors (Lipinski definition) is 2. The monoisotopic (exact) mass is 392 g/mol. The molecule has 4 aliphatic rings. The Hall–Kier alpha value is -0.570. The van der Waals surface area contributed by atoms with Crippen LogP contribution in [0, 0.1) is 40.9 Å². The van der Waals surface area contributed by atoms with Gasteiger partial charge in [-0.25, -0.2) is 0 Å². The van der Waals surface area contributed by atoms with Crippen LogP contribution in [-0.4, -0.2) is 21.8 Å². The number of carbonyl (C=O) groups is 1. The number of fused-ring (bicyclic) bond motifs is 5. The van der Waals surface area contributed by atoms with Gasteiger partial charge in [-0.2, -0.15) is 0 Å². The van der Waals surface area contributed by atoms with Crippen molar-refractivity contribution in [3.8, 4) is 0 Å². The first-order chi connectivity index (χ1) is 13.4. The molecule has 0 saturated heterocycles. The maximum absolute atomic E-state index is 11.8. The Morgan fingerprint density at radius 2 is 1.75 bits per heavy atom. The third kappa shape index (κ3) is 3.66. The van der Waals surface area contributed by atoms with Crippen molar-refractivity contribution < 1.29 is 15.0 Å². The highest BCUT2D eigenvalue weighted by molar-refractivity contribution is 5.66. The maximum atomic E-state index is 11.8. The van der Waals surface area contributed by atoms with E-state index in [4.69, 9.17) is 5.11 Å². The van der Waals surface area contributed by atoms with E-state index in [1.807, 2.05) is 13.8 Å². The molecule has 4 aliphatic carbocycles. The zero-order chi connectivity index (χ0) is 20.5. The van der Waals surface area contributed by atoms with Gasteiger partial charge < -0.3 is 10.2 Å². The summed E-state index contributed by atoms with van der Waals surface area (Å²) in [7, 11) is 0. The van der Waals surface area contributed by atoms with Gasteiger partial charge in [0.1, 0.15) is 0 Å². The molecule has 4 saturated carbocycles. The standard InChI is InChI=1S/C23H38O3.C2H6/c1-15(6-11-21(24)25)18-9-10-20-17-8-7-16-5-3-4-13-22(16,2)19(17)12-14-23(18,20)26;1-2/h15-20,26H,3-14H2,1-2H3,(H,24,25);1-2H3/t15-,16?,17?,18?,19?,20?,22?,23?;/m1./s1. The van der Waals surface area contributed by atoms with Gasteiger partial charge in [0.2, 0.25) is 0 Å². The fraction of sp³-hybridized carbons (Fsp3) is 0.960. The highest BCUT2D eigenvalue weighted by Crippen LogP contribution is 2.65. The third-order valence-corrected chi connectivity index (χ3v) is 9.61. The van der Waals surface area contributed by atoms with Crippen LogP contribution in [0.15, 0.2) is 0 Å². The van der Waals surface area contributed by atoms with Crippen LogP contribution in [0.2, 0.25) is 0 Å². The Morgan fingerprint density at radius 3 is 2.46 bits per heavy atom. The second-order valence-corrected chi connectivity index (χ2v) is 10.5. The lowest BCUT2D eigenvalue weighted by molar-refractivity contribution is -0.161. The van der Waals surface area contributed by atoms with Crippen molar-refractivity contribution in [1.29, 1.82) is 0 Å². The molecule has 0 spiro atoms. The molecule has 0 aromatic heterocycles. The zero-order valence-corrected chi connectivity index (χ0v) is 18.8. The molecule has 0 aromatic carbocycles. The molecule has 2 N–H and O–H groups in total. The number of hydrogen-bond donors (Lipinski definition) is 2. The van der Waals surface area contributed by atoms with Crippen LogP contribution >= 0.6 is 0 Å². The minimum atomic E-state index is -0.703. The molecule has 3 nitrogen and oxygen atoms in total. The smallest absolute Gasteiger partial charge is 0.303 e. The van der Waals surface area contributed by atoms with Gasteiger partial charge in [-0.05, 0) is 98.7 Å². The van der Waals surface area contributed by atoms with Crippen LogP contribution in [0.25, 0.3) is 0 Å². The molecule has 0 bridgehead atoms. The van der Waals surface area contributed by atoms with Crippen LogP contribution in [0.4, 0.5) is 0 Å². The van der Waals surface area contributed by atoms with Crippen molar-refractivity contribution in [2.75, 3.05) is 0 Å². The summed E-state index contributed by atoms with van der Waals surface area (Å²) in [6.07, 6.45) is 13.8. The Balaban J connectivity index is 0.00000109. The van der Waals surface area contributed by atoms with Crippen molar-refractivity contribution >= 4 is 5.97 Å². The zero-order valence-electron chi connectivity index (χ0n) is 18.8. The van der Waals surface area contributed by atoms with E-state index in [9.17, 15) is 9.90 Å². The lowest BCUT2D eigenvalue weighted by Crippen LogP contribution is -2.56. The van der Waals surface area contributed by atoms with E-state index in [1.54, 1.807) is 0 Å². The van der Waals surface area contributed by atoms with Gasteiger partial charge in [-0.15, -0.1) is 0 Å². The van der Waals surface area contributed by atoms with E-state index < -0.39 is 11.6 Å². The van der Waals surface area contributed by atoms with Crippen molar-refractivity contribution in [3.05, 3.63) is 0 Å². The summed E-state index contributed by atoms with van der Waals surface area (Å²) < 4.78 is 0. The minimum absolute atomic E-state index is 0.240. The third-order valence-electron chi connectivity index (χ3n) is 9.61. The average Bonchev–Trinajstić information content (AvgIpc) is 3.04. The Kier molecular flexibility index (Phi) is 6.84. The molecule has 7 unspecified atom stereocenters. The van der Waals surface area contributed by atoms with Gasteiger partial charge in [0.15, 0.2) is 0 Å². The second kappa shape index (κ2) is 8.66. The van der Waals surface area contributed by atoms with Crippen molar-refractivity contribution in [2.24, 2.45) is 40.9 Å². The molecule has 28 heavy (non-hydrogen) atoms. The number of aliphatic hydroxyl groups is 1. The van der Waals surface area contributed by atoms with E-state index in [2.05, 4.69) is 13.8 Å². The van der Waals surface area contributed by atoms with Gasteiger partial charge in [-0.3, -0.25) is 4.79 Å². The molecule has 0 heterocycles. The van der Waals surface area contributed by atoms with E-state index in [0.717, 1.165) is 24.7 Å². The minimum Gasteiger partial charge on any atom is -0.481 e. The topological polar surface area (TPSA) is 57.5 Å². The van der Waals surface area contributed by atoms with Crippen LogP contribution in [0.5, 0.6) is 0 Å². The van der Waals surface area contributed by atoms with Gasteiger partial charge in [-0.1, -0.05) is 40.5 Å². The van der Waals surface area contributed by atoms with Crippen LogP contribution in [0.1, 0.15) is 105 Å². The first-order valence-electron chi connectivity index (χ1n) is 12.3. The first kappa shape index (κ1) is 22.1. The molecular weight excluding hydrogens is 348 g/mol. The predicted octanol–water partition coefficient (Wildman–Crippen LogP) is 6.29. The average molecular weight is 393 g/mol. The van der Waals surface area contributed by atoms with Crippen molar-refractivity contribution in [1.82, 2.24) is 0 Å². The summed E-state index contributed by atoms with van der Waals surface area (Å²) in [5.41, 5.74) is 0.00641. The van der Waals surface area contributed by atoms with Crippen LogP contribution in [0.3, 0.4) is 0 Å². The number of rotatable bonds is 4. The van der Waals surface area contributed by atoms with E-state index in [1.165, 1.54) is 51.4 Å². The van der Waals surface area contributed by atoms with Crippen molar-refractivity contribution in [3.63, 3.8) is 0 Å². The Morgan fingerprint density at radius 1 is 1.00 bits per heavy atom. The predicted molar refractivity (Wildman–Crippen MR) is 114 cm³/mol. The molecule has 4 fully saturated rings. The van der Waals surface area contributed by atoms with Gasteiger partial charge in [0, 0.05) is 6.42 Å². The maximum Gasteiger partial charge on any atom is 0.303 e. The first-order valence-corrected chi connectivity index (χ1v) is 12.3. The molecule has 162 valence electrons. The Bertz CT molecular complexity index is 546. The fourth-order valence-corrected chi connectivity index (χ4v) is 8.31. The summed E-state index contributed by atoms with van der Waals surface area (Å²) >= 11 is 0. The second-order valence-electron chi connectivity index (χ2n) is 10.5. The highest BCUT2D eigenvalue weighted by Gasteiger charge is 2.61. The van der Waals surface area contributed by atoms with E-state index >= 15 is 0 Å². The summed E-state index contributed by atoms with van der Waals surface area (Å²) in [4.78, 5) is 11.0. The van der Waals surface area contributed by atoms with Crippen LogP contribution < -0.4 is 0 Å². The van der Waals surface area contributed by atoms with E-state index in [-0.39, 0.29) is 6.42 Å². The van der Waals surface area contributed by atoms with Crippen molar-refractivity contribution in [2.45, 2.75) is 110 Å². The molecule has 3 heteroatoms. The molecule has 0 amide bonds. The molecule has 8 atom stereocenters. The highest BCUT2D eigenvalue weighted by atomic mass is 16.4.